The van der Waals surface area contributed by atoms with E-state index in [1.165, 1.54) is 4.90 Å². The summed E-state index contributed by atoms with van der Waals surface area (Å²) in [5, 5.41) is 3.92. The van der Waals surface area contributed by atoms with Crippen LogP contribution in [0.5, 0.6) is 0 Å². The SMILES string of the molecule is CC1=C(Cl)C(=O)N(c2cc(C(C)(C)C)on2)C1OC(=O)OCC(C)(C)C. The Morgan fingerprint density at radius 3 is 2.42 bits per heavy atom. The van der Waals surface area contributed by atoms with Gasteiger partial charge in [-0.2, -0.15) is 0 Å². The van der Waals surface area contributed by atoms with Crippen molar-refractivity contribution in [2.45, 2.75) is 60.1 Å². The summed E-state index contributed by atoms with van der Waals surface area (Å²) in [6.45, 7) is 13.4. The van der Waals surface area contributed by atoms with Crippen molar-refractivity contribution in [2.24, 2.45) is 5.41 Å². The molecule has 0 spiro atoms. The zero-order valence-electron chi connectivity index (χ0n) is 16.2. The zero-order valence-corrected chi connectivity index (χ0v) is 16.9. The number of halogens is 1. The molecule has 0 saturated heterocycles. The van der Waals surface area contributed by atoms with Crippen molar-refractivity contribution in [3.8, 4) is 0 Å². The highest BCUT2D eigenvalue weighted by atomic mass is 35.5. The fraction of sp³-hybridized carbons (Fsp3) is 0.611. The Balaban J connectivity index is 2.23. The molecular weight excluding hydrogens is 360 g/mol. The molecule has 1 aromatic heterocycles. The van der Waals surface area contributed by atoms with Crippen molar-refractivity contribution in [2.75, 3.05) is 11.5 Å². The number of hydrogen-bond acceptors (Lipinski definition) is 6. The van der Waals surface area contributed by atoms with E-state index in [2.05, 4.69) is 5.16 Å². The number of rotatable bonds is 3. The quantitative estimate of drug-likeness (QED) is 0.720. The van der Waals surface area contributed by atoms with Gasteiger partial charge in [0.25, 0.3) is 5.91 Å². The Kier molecular flexibility index (Phi) is 5.42. The predicted molar refractivity (Wildman–Crippen MR) is 96.9 cm³/mol. The van der Waals surface area contributed by atoms with E-state index in [0.717, 1.165) is 0 Å². The number of aromatic nitrogens is 1. The van der Waals surface area contributed by atoms with Gasteiger partial charge in [-0.15, -0.1) is 0 Å². The zero-order chi connectivity index (χ0) is 19.9. The molecule has 0 fully saturated rings. The fourth-order valence-corrected chi connectivity index (χ4v) is 2.37. The summed E-state index contributed by atoms with van der Waals surface area (Å²) in [6, 6.07) is 1.64. The minimum absolute atomic E-state index is 0.0149. The van der Waals surface area contributed by atoms with Gasteiger partial charge in [-0.05, 0) is 12.3 Å². The first-order valence-electron chi connectivity index (χ1n) is 8.32. The summed E-state index contributed by atoms with van der Waals surface area (Å²) < 4.78 is 15.8. The molecule has 7 nitrogen and oxygen atoms in total. The summed E-state index contributed by atoms with van der Waals surface area (Å²) in [5.41, 5.74) is -0.0902. The van der Waals surface area contributed by atoms with Crippen molar-refractivity contribution in [1.29, 1.82) is 0 Å². The van der Waals surface area contributed by atoms with Gasteiger partial charge in [-0.3, -0.25) is 4.79 Å². The third kappa shape index (κ3) is 4.38. The molecule has 1 amide bonds. The molecule has 1 aromatic rings. The van der Waals surface area contributed by atoms with Crippen molar-refractivity contribution in [1.82, 2.24) is 5.16 Å². The summed E-state index contributed by atoms with van der Waals surface area (Å²) in [5.74, 6) is 0.310. The molecule has 0 saturated carbocycles. The molecule has 2 rings (SSSR count). The third-order valence-corrected chi connectivity index (χ3v) is 4.13. The van der Waals surface area contributed by atoms with Gasteiger partial charge in [-0.1, -0.05) is 58.3 Å². The fourth-order valence-electron chi connectivity index (χ4n) is 2.18. The summed E-state index contributed by atoms with van der Waals surface area (Å²) in [6.07, 6.45) is -1.91. The second-order valence-electron chi connectivity index (χ2n) is 8.54. The number of carbonyl (C=O) groups is 2. The molecule has 1 unspecified atom stereocenters. The van der Waals surface area contributed by atoms with E-state index < -0.39 is 18.3 Å². The second-order valence-corrected chi connectivity index (χ2v) is 8.92. The van der Waals surface area contributed by atoms with Gasteiger partial charge >= 0.3 is 6.16 Å². The number of anilines is 1. The number of amides is 1. The Labute approximate surface area is 158 Å². The highest BCUT2D eigenvalue weighted by Gasteiger charge is 2.42. The van der Waals surface area contributed by atoms with Gasteiger partial charge in [0.15, 0.2) is 5.82 Å². The first kappa shape index (κ1) is 20.3. The van der Waals surface area contributed by atoms with Crippen LogP contribution in [0.4, 0.5) is 10.6 Å². The van der Waals surface area contributed by atoms with Crippen LogP contribution in [0.15, 0.2) is 21.2 Å². The molecule has 26 heavy (non-hydrogen) atoms. The number of hydrogen-bond donors (Lipinski definition) is 0. The van der Waals surface area contributed by atoms with Crippen LogP contribution in [0.25, 0.3) is 0 Å². The molecule has 8 heteroatoms. The van der Waals surface area contributed by atoms with Crippen LogP contribution in [-0.2, 0) is 19.7 Å². The Morgan fingerprint density at radius 2 is 1.92 bits per heavy atom. The van der Waals surface area contributed by atoms with Gasteiger partial charge < -0.3 is 14.0 Å². The summed E-state index contributed by atoms with van der Waals surface area (Å²) in [7, 11) is 0. The first-order valence-corrected chi connectivity index (χ1v) is 8.69. The molecule has 0 aromatic carbocycles. The standard InChI is InChI=1S/C18H25ClN2O5/c1-10-13(19)14(22)21(12-8-11(26-20-12)18(5,6)7)15(10)25-16(23)24-9-17(2,3)4/h8,15H,9H2,1-7H3. The molecule has 2 heterocycles. The average molecular weight is 385 g/mol. The molecule has 1 atom stereocenters. The monoisotopic (exact) mass is 384 g/mol. The van der Waals surface area contributed by atoms with Gasteiger partial charge in [0, 0.05) is 17.1 Å². The van der Waals surface area contributed by atoms with Gasteiger partial charge in [0.2, 0.25) is 6.23 Å². The minimum Gasteiger partial charge on any atom is -0.434 e. The van der Waals surface area contributed by atoms with Crippen molar-refractivity contribution in [3.05, 3.63) is 22.4 Å². The van der Waals surface area contributed by atoms with E-state index in [1.807, 2.05) is 41.5 Å². The van der Waals surface area contributed by atoms with Crippen molar-refractivity contribution >= 4 is 29.5 Å². The first-order chi connectivity index (χ1) is 11.8. The van der Waals surface area contributed by atoms with E-state index in [0.29, 0.717) is 11.3 Å². The highest BCUT2D eigenvalue weighted by molar-refractivity contribution is 6.45. The molecule has 1 aliphatic rings. The number of ether oxygens (including phenoxy) is 2. The summed E-state index contributed by atoms with van der Waals surface area (Å²) >= 11 is 6.08. The molecular formula is C18H25ClN2O5. The van der Waals surface area contributed by atoms with Crippen LogP contribution in [-0.4, -0.2) is 30.1 Å². The molecule has 0 bridgehead atoms. The maximum absolute atomic E-state index is 12.5. The van der Waals surface area contributed by atoms with E-state index >= 15 is 0 Å². The maximum atomic E-state index is 12.5. The lowest BCUT2D eigenvalue weighted by atomic mass is 9.93. The third-order valence-electron chi connectivity index (χ3n) is 3.67. The van der Waals surface area contributed by atoms with Crippen LogP contribution in [0.2, 0.25) is 0 Å². The molecule has 144 valence electrons. The van der Waals surface area contributed by atoms with Crippen LogP contribution in [0.1, 0.15) is 54.2 Å². The van der Waals surface area contributed by atoms with Crippen LogP contribution < -0.4 is 4.90 Å². The lowest BCUT2D eigenvalue weighted by Crippen LogP contribution is -2.39. The Hall–Kier alpha value is -2.02. The van der Waals surface area contributed by atoms with E-state index in [-0.39, 0.29) is 28.3 Å². The van der Waals surface area contributed by atoms with Crippen LogP contribution in [0.3, 0.4) is 0 Å². The number of nitrogens with zero attached hydrogens (tertiary/aromatic N) is 2. The maximum Gasteiger partial charge on any atom is 0.510 e. The molecule has 0 aliphatic carbocycles. The predicted octanol–water partition coefficient (Wildman–Crippen LogP) is 4.36. The van der Waals surface area contributed by atoms with Crippen molar-refractivity contribution < 1.29 is 23.6 Å². The lowest BCUT2D eigenvalue weighted by Gasteiger charge is -2.24. The highest BCUT2D eigenvalue weighted by Crippen LogP contribution is 2.35. The largest absolute Gasteiger partial charge is 0.510 e. The Morgan fingerprint density at radius 1 is 1.31 bits per heavy atom. The normalized spacial score (nSPS) is 18.5. The smallest absolute Gasteiger partial charge is 0.434 e. The average Bonchev–Trinajstić information content (AvgIpc) is 3.06. The molecule has 0 radical (unpaired) electrons. The van der Waals surface area contributed by atoms with Crippen LogP contribution in [0, 0.1) is 5.41 Å². The van der Waals surface area contributed by atoms with E-state index in [4.69, 9.17) is 25.6 Å². The van der Waals surface area contributed by atoms with Crippen molar-refractivity contribution in [3.63, 3.8) is 0 Å². The van der Waals surface area contributed by atoms with Crippen LogP contribution >= 0.6 is 11.6 Å². The lowest BCUT2D eigenvalue weighted by molar-refractivity contribution is -0.115. The second kappa shape index (κ2) is 6.95. The Bertz CT molecular complexity index is 739. The number of carbonyl (C=O) groups excluding carboxylic acids is 2. The molecule has 1 aliphatic heterocycles. The van der Waals surface area contributed by atoms with Gasteiger partial charge in [0.1, 0.15) is 10.8 Å². The van der Waals surface area contributed by atoms with Gasteiger partial charge in [0.05, 0.1) is 6.61 Å². The topological polar surface area (TPSA) is 81.9 Å². The van der Waals surface area contributed by atoms with Gasteiger partial charge in [-0.25, -0.2) is 9.69 Å². The minimum atomic E-state index is -1.03. The van der Waals surface area contributed by atoms with E-state index in [9.17, 15) is 9.59 Å². The summed E-state index contributed by atoms with van der Waals surface area (Å²) in [4.78, 5) is 25.7. The molecule has 0 N–H and O–H groups in total. The van der Waals surface area contributed by atoms with E-state index in [1.54, 1.807) is 13.0 Å².